The minimum absolute atomic E-state index is 0.997. The number of benzene rings is 1. The Labute approximate surface area is 117 Å². The van der Waals surface area contributed by atoms with Crippen LogP contribution in [-0.4, -0.2) is 15.1 Å². The molecule has 2 heterocycles. The molecule has 3 aromatic rings. The van der Waals surface area contributed by atoms with Gasteiger partial charge in [-0.25, -0.2) is 4.98 Å². The zero-order chi connectivity index (χ0) is 13.2. The molecule has 0 aliphatic heterocycles. The highest BCUT2D eigenvalue weighted by molar-refractivity contribution is 7.99. The summed E-state index contributed by atoms with van der Waals surface area (Å²) in [5, 5.41) is 0. The van der Waals surface area contributed by atoms with Crippen LogP contribution in [-0.2, 0) is 0 Å². The quantitative estimate of drug-likeness (QED) is 0.654. The molecule has 3 heteroatoms. The van der Waals surface area contributed by atoms with Gasteiger partial charge in [-0.1, -0.05) is 31.2 Å². The van der Waals surface area contributed by atoms with Crippen LogP contribution in [0.4, 0.5) is 0 Å². The van der Waals surface area contributed by atoms with Crippen molar-refractivity contribution in [2.75, 3.05) is 5.75 Å². The highest BCUT2D eigenvalue weighted by atomic mass is 32.2. The minimum Gasteiger partial charge on any atom is -0.306 e. The Morgan fingerprint density at radius 2 is 1.95 bits per heavy atom. The summed E-state index contributed by atoms with van der Waals surface area (Å²) in [5.41, 5.74) is 4.50. The van der Waals surface area contributed by atoms with Crippen LogP contribution in [0.5, 0.6) is 0 Å². The fourth-order valence-electron chi connectivity index (χ4n) is 2.19. The average molecular weight is 268 g/mol. The van der Waals surface area contributed by atoms with Crippen molar-refractivity contribution in [2.24, 2.45) is 0 Å². The van der Waals surface area contributed by atoms with Gasteiger partial charge in [-0.3, -0.25) is 0 Å². The summed E-state index contributed by atoms with van der Waals surface area (Å²) < 4.78 is 2.10. The van der Waals surface area contributed by atoms with Crippen molar-refractivity contribution in [1.29, 1.82) is 0 Å². The number of pyridine rings is 1. The van der Waals surface area contributed by atoms with E-state index >= 15 is 0 Å². The van der Waals surface area contributed by atoms with Crippen molar-refractivity contribution >= 4 is 17.4 Å². The highest BCUT2D eigenvalue weighted by Gasteiger charge is 2.08. The molecule has 0 aliphatic rings. The molecule has 2 aromatic heterocycles. The molecule has 0 amide bonds. The SMILES string of the molecule is CCSc1ccccc1-c1cn2cc(C)ccc2n1. The van der Waals surface area contributed by atoms with Crippen molar-refractivity contribution < 1.29 is 0 Å². The van der Waals surface area contributed by atoms with Gasteiger partial charge in [0.05, 0.1) is 5.69 Å². The van der Waals surface area contributed by atoms with Crippen LogP contribution in [0, 0.1) is 6.92 Å². The number of nitrogens with zero attached hydrogens (tertiary/aromatic N) is 2. The highest BCUT2D eigenvalue weighted by Crippen LogP contribution is 2.30. The van der Waals surface area contributed by atoms with Gasteiger partial charge in [0.25, 0.3) is 0 Å². The molecule has 0 fully saturated rings. The molecule has 0 aliphatic carbocycles. The molecule has 0 spiro atoms. The van der Waals surface area contributed by atoms with Crippen molar-refractivity contribution in [3.63, 3.8) is 0 Å². The summed E-state index contributed by atoms with van der Waals surface area (Å²) in [7, 11) is 0. The van der Waals surface area contributed by atoms with E-state index < -0.39 is 0 Å². The molecule has 0 bridgehead atoms. The molecule has 0 saturated carbocycles. The third-order valence-electron chi connectivity index (χ3n) is 3.06. The summed E-state index contributed by atoms with van der Waals surface area (Å²) in [4.78, 5) is 6.01. The number of aromatic nitrogens is 2. The molecule has 0 saturated heterocycles. The second kappa shape index (κ2) is 5.10. The molecule has 19 heavy (non-hydrogen) atoms. The van der Waals surface area contributed by atoms with Crippen molar-refractivity contribution in [1.82, 2.24) is 9.38 Å². The Morgan fingerprint density at radius 3 is 2.79 bits per heavy atom. The number of fused-ring (bicyclic) bond motifs is 1. The van der Waals surface area contributed by atoms with Gasteiger partial charge in [0, 0.05) is 22.9 Å². The van der Waals surface area contributed by atoms with Crippen LogP contribution in [0.15, 0.2) is 53.7 Å². The summed E-state index contributed by atoms with van der Waals surface area (Å²) >= 11 is 1.86. The fraction of sp³-hybridized carbons (Fsp3) is 0.188. The molecule has 0 unspecified atom stereocenters. The first-order valence-corrected chi connectivity index (χ1v) is 7.44. The van der Waals surface area contributed by atoms with E-state index in [1.54, 1.807) is 0 Å². The fourth-order valence-corrected chi connectivity index (χ4v) is 3.01. The summed E-state index contributed by atoms with van der Waals surface area (Å²) in [5.74, 6) is 1.07. The maximum absolute atomic E-state index is 4.72. The zero-order valence-corrected chi connectivity index (χ0v) is 11.9. The Bertz CT molecular complexity index is 716. The van der Waals surface area contributed by atoms with Gasteiger partial charge in [-0.05, 0) is 30.4 Å². The van der Waals surface area contributed by atoms with E-state index in [-0.39, 0.29) is 0 Å². The number of hydrogen-bond acceptors (Lipinski definition) is 2. The molecule has 0 N–H and O–H groups in total. The van der Waals surface area contributed by atoms with Gasteiger partial charge in [0.15, 0.2) is 0 Å². The smallest absolute Gasteiger partial charge is 0.137 e. The zero-order valence-electron chi connectivity index (χ0n) is 11.1. The number of aryl methyl sites for hydroxylation is 1. The Balaban J connectivity index is 2.13. The van der Waals surface area contributed by atoms with Crippen LogP contribution in [0.2, 0.25) is 0 Å². The van der Waals surface area contributed by atoms with E-state index in [1.165, 1.54) is 16.0 Å². The van der Waals surface area contributed by atoms with Crippen LogP contribution < -0.4 is 0 Å². The second-order valence-electron chi connectivity index (χ2n) is 4.53. The standard InChI is InChI=1S/C16H16N2S/c1-3-19-15-7-5-4-6-13(15)14-11-18-10-12(2)8-9-16(18)17-14/h4-11H,3H2,1-2H3. The maximum Gasteiger partial charge on any atom is 0.137 e. The number of rotatable bonds is 3. The average Bonchev–Trinajstić information content (AvgIpc) is 2.82. The van der Waals surface area contributed by atoms with Crippen LogP contribution >= 0.6 is 11.8 Å². The van der Waals surface area contributed by atoms with E-state index in [0.29, 0.717) is 0 Å². The Kier molecular flexibility index (Phi) is 3.30. The summed E-state index contributed by atoms with van der Waals surface area (Å²) in [6, 6.07) is 12.6. The molecular weight excluding hydrogens is 252 g/mol. The lowest BCUT2D eigenvalue weighted by atomic mass is 10.2. The monoisotopic (exact) mass is 268 g/mol. The van der Waals surface area contributed by atoms with E-state index in [1.807, 2.05) is 11.8 Å². The first kappa shape index (κ1) is 12.3. The minimum atomic E-state index is 0.997. The predicted octanol–water partition coefficient (Wildman–Crippen LogP) is 4.42. The molecule has 2 nitrogen and oxygen atoms in total. The first-order chi connectivity index (χ1) is 9.28. The summed E-state index contributed by atoms with van der Waals surface area (Å²) in [6.07, 6.45) is 4.22. The summed E-state index contributed by atoms with van der Waals surface area (Å²) in [6.45, 7) is 4.27. The van der Waals surface area contributed by atoms with E-state index in [4.69, 9.17) is 4.98 Å². The first-order valence-electron chi connectivity index (χ1n) is 6.45. The van der Waals surface area contributed by atoms with Gasteiger partial charge < -0.3 is 4.40 Å². The molecule has 0 atom stereocenters. The lowest BCUT2D eigenvalue weighted by Crippen LogP contribution is -1.82. The van der Waals surface area contributed by atoms with E-state index in [2.05, 4.69) is 67.0 Å². The van der Waals surface area contributed by atoms with Gasteiger partial charge in [0.1, 0.15) is 5.65 Å². The Morgan fingerprint density at radius 1 is 1.11 bits per heavy atom. The molecule has 1 aromatic carbocycles. The molecule has 3 rings (SSSR count). The lowest BCUT2D eigenvalue weighted by Gasteiger charge is -2.04. The molecular formula is C16H16N2S. The van der Waals surface area contributed by atoms with Gasteiger partial charge in [-0.2, -0.15) is 0 Å². The van der Waals surface area contributed by atoms with Gasteiger partial charge in [0.2, 0.25) is 0 Å². The van der Waals surface area contributed by atoms with Gasteiger partial charge in [-0.15, -0.1) is 11.8 Å². The topological polar surface area (TPSA) is 17.3 Å². The lowest BCUT2D eigenvalue weighted by molar-refractivity contribution is 1.16. The van der Waals surface area contributed by atoms with E-state index in [0.717, 1.165) is 17.1 Å². The molecule has 96 valence electrons. The van der Waals surface area contributed by atoms with Crippen LogP contribution in [0.25, 0.3) is 16.9 Å². The van der Waals surface area contributed by atoms with Crippen molar-refractivity contribution in [2.45, 2.75) is 18.7 Å². The van der Waals surface area contributed by atoms with E-state index in [9.17, 15) is 0 Å². The third kappa shape index (κ3) is 2.38. The largest absolute Gasteiger partial charge is 0.306 e. The maximum atomic E-state index is 4.72. The number of thioether (sulfide) groups is 1. The second-order valence-corrected chi connectivity index (χ2v) is 5.83. The third-order valence-corrected chi connectivity index (χ3v) is 4.02. The van der Waals surface area contributed by atoms with Gasteiger partial charge >= 0.3 is 0 Å². The normalized spacial score (nSPS) is 11.1. The van der Waals surface area contributed by atoms with Crippen molar-refractivity contribution in [3.8, 4) is 11.3 Å². The number of imidazole rings is 1. The Hall–Kier alpha value is -1.74. The predicted molar refractivity (Wildman–Crippen MR) is 81.8 cm³/mol. The van der Waals surface area contributed by atoms with Crippen molar-refractivity contribution in [3.05, 3.63) is 54.4 Å². The number of hydrogen-bond donors (Lipinski definition) is 0. The molecule has 0 radical (unpaired) electrons. The van der Waals surface area contributed by atoms with Crippen LogP contribution in [0.3, 0.4) is 0 Å². The van der Waals surface area contributed by atoms with Crippen LogP contribution in [0.1, 0.15) is 12.5 Å².